The Balaban J connectivity index is 1.62. The van der Waals surface area contributed by atoms with Gasteiger partial charge < -0.3 is 13.9 Å². The average molecular weight is 299 g/mol. The molecule has 1 aromatic carbocycles. The van der Waals surface area contributed by atoms with Gasteiger partial charge in [0.1, 0.15) is 5.76 Å². The Hall–Kier alpha value is -1.65. The highest BCUT2D eigenvalue weighted by molar-refractivity contribution is 5.28. The summed E-state index contributed by atoms with van der Waals surface area (Å²) in [5.41, 5.74) is 1.46. The van der Waals surface area contributed by atoms with Crippen LogP contribution in [0.3, 0.4) is 0 Å². The van der Waals surface area contributed by atoms with Gasteiger partial charge in [-0.15, -0.1) is 0 Å². The van der Waals surface area contributed by atoms with E-state index >= 15 is 0 Å². The third-order valence-corrected chi connectivity index (χ3v) is 5.16. The number of oxazole rings is 1. The van der Waals surface area contributed by atoms with Crippen LogP contribution in [0.2, 0.25) is 0 Å². The van der Waals surface area contributed by atoms with Gasteiger partial charge in [0.25, 0.3) is 0 Å². The molecule has 2 aliphatic rings. The van der Waals surface area contributed by atoms with Crippen molar-refractivity contribution in [2.75, 3.05) is 13.2 Å². The summed E-state index contributed by atoms with van der Waals surface area (Å²) in [6, 6.07) is 10.8. The van der Waals surface area contributed by atoms with Gasteiger partial charge >= 0.3 is 0 Å². The molecular formula is C18H21NO3. The zero-order chi connectivity index (χ0) is 14.9. The van der Waals surface area contributed by atoms with E-state index in [0.717, 1.165) is 51.1 Å². The first kappa shape index (κ1) is 14.0. The number of rotatable bonds is 3. The second-order valence-electron chi connectivity index (χ2n) is 6.40. The van der Waals surface area contributed by atoms with Gasteiger partial charge in [-0.3, -0.25) is 0 Å². The minimum atomic E-state index is -0.334. The van der Waals surface area contributed by atoms with E-state index in [1.165, 1.54) is 12.0 Å². The molecule has 0 N–H and O–H groups in total. The fourth-order valence-electron chi connectivity index (χ4n) is 3.92. The smallest absolute Gasteiger partial charge is 0.180 e. The Labute approximate surface area is 130 Å². The van der Waals surface area contributed by atoms with Crippen LogP contribution in [-0.4, -0.2) is 24.0 Å². The summed E-state index contributed by atoms with van der Waals surface area (Å²) in [4.78, 5) is 4.07. The van der Waals surface area contributed by atoms with Gasteiger partial charge in [-0.05, 0) is 18.4 Å². The number of hydrogen-bond acceptors (Lipinski definition) is 4. The Morgan fingerprint density at radius 2 is 1.68 bits per heavy atom. The van der Waals surface area contributed by atoms with Crippen LogP contribution in [0.25, 0.3) is 0 Å². The summed E-state index contributed by atoms with van der Waals surface area (Å²) in [6.45, 7) is 1.45. The first-order valence-electron chi connectivity index (χ1n) is 8.01. The first-order chi connectivity index (χ1) is 10.8. The third kappa shape index (κ3) is 2.46. The van der Waals surface area contributed by atoms with Crippen LogP contribution in [0, 0.1) is 0 Å². The number of aromatic nitrogens is 1. The standard InChI is InChI=1S/C18H21NO3/c1-2-4-15(5-3-1)17(12-16-13-19-14-20-16)6-8-18(9-7-17)21-10-11-22-18/h1-5,13-14H,6-12H2. The molecular weight excluding hydrogens is 278 g/mol. The topological polar surface area (TPSA) is 44.5 Å². The lowest BCUT2D eigenvalue weighted by molar-refractivity contribution is -0.185. The van der Waals surface area contributed by atoms with E-state index in [1.54, 1.807) is 0 Å². The highest BCUT2D eigenvalue weighted by Gasteiger charge is 2.47. The average Bonchev–Trinajstić information content (AvgIpc) is 3.23. The normalized spacial score (nSPS) is 22.9. The Morgan fingerprint density at radius 3 is 2.32 bits per heavy atom. The number of ether oxygens (including phenoxy) is 2. The van der Waals surface area contributed by atoms with Crippen LogP contribution in [0.4, 0.5) is 0 Å². The van der Waals surface area contributed by atoms with E-state index in [-0.39, 0.29) is 11.2 Å². The van der Waals surface area contributed by atoms with Crippen molar-refractivity contribution >= 4 is 0 Å². The number of benzene rings is 1. The first-order valence-corrected chi connectivity index (χ1v) is 8.01. The van der Waals surface area contributed by atoms with E-state index < -0.39 is 0 Å². The van der Waals surface area contributed by atoms with Crippen LogP contribution in [0.15, 0.2) is 47.3 Å². The molecule has 1 aromatic heterocycles. The lowest BCUT2D eigenvalue weighted by Gasteiger charge is -2.43. The minimum absolute atomic E-state index is 0.0847. The molecule has 0 bridgehead atoms. The molecule has 2 fully saturated rings. The van der Waals surface area contributed by atoms with Gasteiger partial charge in [0.15, 0.2) is 12.2 Å². The molecule has 4 heteroatoms. The van der Waals surface area contributed by atoms with E-state index in [1.807, 2.05) is 6.20 Å². The highest BCUT2D eigenvalue weighted by atomic mass is 16.7. The van der Waals surface area contributed by atoms with Gasteiger partial charge in [-0.2, -0.15) is 0 Å². The summed E-state index contributed by atoms with van der Waals surface area (Å²) < 4.78 is 17.3. The second-order valence-corrected chi connectivity index (χ2v) is 6.40. The number of nitrogens with zero attached hydrogens (tertiary/aromatic N) is 1. The maximum absolute atomic E-state index is 5.89. The summed E-state index contributed by atoms with van der Waals surface area (Å²) >= 11 is 0. The monoisotopic (exact) mass is 299 g/mol. The van der Waals surface area contributed by atoms with Crippen LogP contribution >= 0.6 is 0 Å². The Bertz CT molecular complexity index is 593. The highest BCUT2D eigenvalue weighted by Crippen LogP contribution is 2.48. The Morgan fingerprint density at radius 1 is 0.955 bits per heavy atom. The SMILES string of the molecule is c1ccc(C2(Cc3cnco3)CCC3(CC2)OCCO3)cc1. The van der Waals surface area contributed by atoms with Gasteiger partial charge in [-0.1, -0.05) is 30.3 Å². The molecule has 1 spiro atoms. The number of hydrogen-bond donors (Lipinski definition) is 0. The largest absolute Gasteiger partial charge is 0.448 e. The molecule has 4 rings (SSSR count). The summed E-state index contributed by atoms with van der Waals surface area (Å²) in [5, 5.41) is 0. The van der Waals surface area contributed by atoms with Gasteiger partial charge in [0.2, 0.25) is 0 Å². The third-order valence-electron chi connectivity index (χ3n) is 5.16. The molecule has 116 valence electrons. The van der Waals surface area contributed by atoms with Crippen molar-refractivity contribution in [2.45, 2.75) is 43.3 Å². The molecule has 1 aliphatic heterocycles. The lowest BCUT2D eigenvalue weighted by atomic mass is 9.65. The minimum Gasteiger partial charge on any atom is -0.448 e. The molecule has 0 unspecified atom stereocenters. The van der Waals surface area contributed by atoms with Crippen molar-refractivity contribution < 1.29 is 13.9 Å². The molecule has 4 nitrogen and oxygen atoms in total. The summed E-state index contributed by atoms with van der Waals surface area (Å²) in [6.07, 6.45) is 8.19. The van der Waals surface area contributed by atoms with Crippen molar-refractivity contribution in [3.05, 3.63) is 54.2 Å². The molecule has 2 aromatic rings. The lowest BCUT2D eigenvalue weighted by Crippen LogP contribution is -2.43. The van der Waals surface area contributed by atoms with Gasteiger partial charge in [0, 0.05) is 24.7 Å². The van der Waals surface area contributed by atoms with Crippen molar-refractivity contribution in [2.24, 2.45) is 0 Å². The van der Waals surface area contributed by atoms with E-state index in [9.17, 15) is 0 Å². The van der Waals surface area contributed by atoms with E-state index in [4.69, 9.17) is 13.9 Å². The van der Waals surface area contributed by atoms with E-state index in [2.05, 4.69) is 35.3 Å². The molecule has 1 aliphatic carbocycles. The summed E-state index contributed by atoms with van der Waals surface area (Å²) in [7, 11) is 0. The summed E-state index contributed by atoms with van der Waals surface area (Å²) in [5.74, 6) is 0.618. The van der Waals surface area contributed by atoms with Crippen molar-refractivity contribution in [3.8, 4) is 0 Å². The van der Waals surface area contributed by atoms with Crippen molar-refractivity contribution in [1.82, 2.24) is 4.98 Å². The van der Waals surface area contributed by atoms with Gasteiger partial charge in [-0.25, -0.2) is 4.98 Å². The molecule has 2 heterocycles. The van der Waals surface area contributed by atoms with Crippen molar-refractivity contribution in [3.63, 3.8) is 0 Å². The van der Waals surface area contributed by atoms with E-state index in [0.29, 0.717) is 0 Å². The molecule has 22 heavy (non-hydrogen) atoms. The molecule has 0 amide bonds. The Kier molecular flexibility index (Phi) is 3.51. The maximum atomic E-state index is 5.89. The van der Waals surface area contributed by atoms with Crippen LogP contribution < -0.4 is 0 Å². The molecule has 1 saturated heterocycles. The quantitative estimate of drug-likeness (QED) is 0.870. The fraction of sp³-hybridized carbons (Fsp3) is 0.500. The molecule has 1 saturated carbocycles. The van der Waals surface area contributed by atoms with Crippen molar-refractivity contribution in [1.29, 1.82) is 0 Å². The fourth-order valence-corrected chi connectivity index (χ4v) is 3.92. The van der Waals surface area contributed by atoms with Crippen LogP contribution in [-0.2, 0) is 21.3 Å². The predicted octanol–water partition coefficient (Wildman–Crippen LogP) is 3.47. The van der Waals surface area contributed by atoms with Gasteiger partial charge in [0.05, 0.1) is 19.4 Å². The predicted molar refractivity (Wildman–Crippen MR) is 81.4 cm³/mol. The maximum Gasteiger partial charge on any atom is 0.180 e. The second kappa shape index (κ2) is 5.52. The molecule has 0 radical (unpaired) electrons. The van der Waals surface area contributed by atoms with Crippen LogP contribution in [0.5, 0.6) is 0 Å². The zero-order valence-electron chi connectivity index (χ0n) is 12.7. The van der Waals surface area contributed by atoms with Crippen LogP contribution in [0.1, 0.15) is 37.0 Å². The molecule has 0 atom stereocenters. The zero-order valence-corrected chi connectivity index (χ0v) is 12.7.